The highest BCUT2D eigenvalue weighted by Crippen LogP contribution is 2.26. The molecule has 5 nitrogen and oxygen atoms in total. The van der Waals surface area contributed by atoms with Crippen LogP contribution in [0.15, 0.2) is 27.6 Å². The van der Waals surface area contributed by atoms with E-state index < -0.39 is 26.5 Å². The van der Waals surface area contributed by atoms with Crippen molar-refractivity contribution in [1.82, 2.24) is 5.32 Å². The summed E-state index contributed by atoms with van der Waals surface area (Å²) in [6.45, 7) is 6.73. The number of rotatable bonds is 3. The molecule has 1 rings (SSSR count). The Kier molecular flexibility index (Phi) is 4.86. The minimum atomic E-state index is -3.82. The number of carbonyl (C=O) groups excluding carboxylic acids is 1. The molecule has 0 radical (unpaired) electrons. The number of nitrogen functional groups attached to an aromatic ring is 1. The number of hydrogen-bond donors (Lipinski definition) is 2. The van der Waals surface area contributed by atoms with Crippen LogP contribution in [0.5, 0.6) is 0 Å². The van der Waals surface area contributed by atoms with Crippen LogP contribution in [0.3, 0.4) is 0 Å². The molecule has 1 aromatic rings. The first-order valence-corrected chi connectivity index (χ1v) is 8.40. The number of carbonyl (C=O) groups is 1. The van der Waals surface area contributed by atoms with Gasteiger partial charge in [-0.05, 0) is 45.9 Å². The van der Waals surface area contributed by atoms with Crippen LogP contribution in [-0.2, 0) is 14.6 Å². The van der Waals surface area contributed by atoms with Crippen molar-refractivity contribution < 1.29 is 13.2 Å². The van der Waals surface area contributed by atoms with E-state index in [0.717, 1.165) is 0 Å². The van der Waals surface area contributed by atoms with Gasteiger partial charge in [0, 0.05) is 10.0 Å². The summed E-state index contributed by atoms with van der Waals surface area (Å²) in [7, 11) is -3.82. The maximum Gasteiger partial charge on any atom is 0.238 e. The molecule has 0 fully saturated rings. The number of amides is 1. The molecule has 112 valence electrons. The second kappa shape index (κ2) is 5.73. The third-order valence-electron chi connectivity index (χ3n) is 2.61. The number of anilines is 1. The van der Waals surface area contributed by atoms with Gasteiger partial charge in [-0.2, -0.15) is 0 Å². The summed E-state index contributed by atoms with van der Waals surface area (Å²) >= 11 is 3.21. The maximum atomic E-state index is 12.4. The molecule has 20 heavy (non-hydrogen) atoms. The molecule has 1 unspecified atom stereocenters. The van der Waals surface area contributed by atoms with E-state index in [4.69, 9.17) is 5.73 Å². The molecule has 0 bridgehead atoms. The van der Waals surface area contributed by atoms with Gasteiger partial charge in [-0.3, -0.25) is 4.79 Å². The minimum absolute atomic E-state index is 0.0303. The zero-order chi connectivity index (χ0) is 15.7. The van der Waals surface area contributed by atoms with Gasteiger partial charge in [0.2, 0.25) is 5.91 Å². The van der Waals surface area contributed by atoms with Crippen molar-refractivity contribution in [2.45, 2.75) is 43.4 Å². The Labute approximate surface area is 128 Å². The van der Waals surface area contributed by atoms with Crippen LogP contribution in [0, 0.1) is 0 Å². The largest absolute Gasteiger partial charge is 0.398 e. The summed E-state index contributed by atoms with van der Waals surface area (Å²) in [6.07, 6.45) is 0. The van der Waals surface area contributed by atoms with Crippen LogP contribution in [0.4, 0.5) is 5.69 Å². The van der Waals surface area contributed by atoms with Crippen molar-refractivity contribution in [3.8, 4) is 0 Å². The molecule has 0 heterocycles. The lowest BCUT2D eigenvalue weighted by atomic mass is 10.1. The summed E-state index contributed by atoms with van der Waals surface area (Å²) in [5, 5.41) is 1.45. The molecule has 0 spiro atoms. The zero-order valence-electron chi connectivity index (χ0n) is 11.9. The third kappa shape index (κ3) is 3.96. The fraction of sp³-hybridized carbons (Fsp3) is 0.462. The SMILES string of the molecule is CC(C(=O)NC(C)(C)C)S(=O)(=O)c1ccc(Br)cc1N. The Bertz CT molecular complexity index is 621. The standard InChI is InChI=1S/C13H19BrN2O3S/c1-8(12(17)16-13(2,3)4)20(18,19)11-6-5-9(14)7-10(11)15/h5-8H,15H2,1-4H3,(H,16,17). The number of hydrogen-bond acceptors (Lipinski definition) is 4. The van der Waals surface area contributed by atoms with Crippen molar-refractivity contribution in [2.24, 2.45) is 0 Å². The lowest BCUT2D eigenvalue weighted by Crippen LogP contribution is -2.47. The highest BCUT2D eigenvalue weighted by atomic mass is 79.9. The fourth-order valence-electron chi connectivity index (χ4n) is 1.58. The fourth-order valence-corrected chi connectivity index (χ4v) is 3.33. The molecule has 1 aromatic carbocycles. The zero-order valence-corrected chi connectivity index (χ0v) is 14.3. The van der Waals surface area contributed by atoms with E-state index >= 15 is 0 Å². The van der Waals surface area contributed by atoms with Crippen LogP contribution in [0.25, 0.3) is 0 Å². The van der Waals surface area contributed by atoms with E-state index in [0.29, 0.717) is 4.47 Å². The number of nitrogens with two attached hydrogens (primary N) is 1. The number of benzene rings is 1. The molecule has 0 aromatic heterocycles. The third-order valence-corrected chi connectivity index (χ3v) is 5.23. The first-order valence-electron chi connectivity index (χ1n) is 6.06. The molecule has 0 aliphatic heterocycles. The van der Waals surface area contributed by atoms with Gasteiger partial charge in [-0.15, -0.1) is 0 Å². The molecule has 3 N–H and O–H groups in total. The highest BCUT2D eigenvalue weighted by molar-refractivity contribution is 9.10. The second-order valence-corrected chi connectivity index (χ2v) is 8.76. The summed E-state index contributed by atoms with van der Waals surface area (Å²) in [5.74, 6) is -0.542. The number of halogens is 1. The van der Waals surface area contributed by atoms with E-state index in [1.165, 1.54) is 19.1 Å². The first-order chi connectivity index (χ1) is 8.95. The molecular formula is C13H19BrN2O3S. The van der Waals surface area contributed by atoms with E-state index in [2.05, 4.69) is 21.2 Å². The average molecular weight is 363 g/mol. The van der Waals surface area contributed by atoms with Gasteiger partial charge in [0.1, 0.15) is 5.25 Å². The summed E-state index contributed by atoms with van der Waals surface area (Å²) in [5.41, 5.74) is 5.36. The lowest BCUT2D eigenvalue weighted by molar-refractivity contribution is -0.121. The Hall–Kier alpha value is -1.08. The Balaban J connectivity index is 3.13. The molecule has 0 saturated carbocycles. The van der Waals surface area contributed by atoms with Gasteiger partial charge in [-0.1, -0.05) is 15.9 Å². The monoisotopic (exact) mass is 362 g/mol. The van der Waals surface area contributed by atoms with Crippen LogP contribution in [0.2, 0.25) is 0 Å². The molecular weight excluding hydrogens is 344 g/mol. The maximum absolute atomic E-state index is 12.4. The van der Waals surface area contributed by atoms with Crippen LogP contribution < -0.4 is 11.1 Å². The lowest BCUT2D eigenvalue weighted by Gasteiger charge is -2.23. The Morgan fingerprint density at radius 1 is 1.35 bits per heavy atom. The predicted molar refractivity (Wildman–Crippen MR) is 83.1 cm³/mol. The van der Waals surface area contributed by atoms with Gasteiger partial charge in [0.25, 0.3) is 0 Å². The Morgan fingerprint density at radius 3 is 2.35 bits per heavy atom. The van der Waals surface area contributed by atoms with Crippen LogP contribution >= 0.6 is 15.9 Å². The summed E-state index contributed by atoms with van der Waals surface area (Å²) < 4.78 is 25.6. The van der Waals surface area contributed by atoms with Crippen molar-refractivity contribution in [1.29, 1.82) is 0 Å². The van der Waals surface area contributed by atoms with Gasteiger partial charge in [-0.25, -0.2) is 8.42 Å². The number of sulfone groups is 1. The molecule has 7 heteroatoms. The van der Waals surface area contributed by atoms with E-state index in [-0.39, 0.29) is 10.6 Å². The summed E-state index contributed by atoms with van der Waals surface area (Å²) in [4.78, 5) is 12.0. The highest BCUT2D eigenvalue weighted by Gasteiger charge is 2.32. The van der Waals surface area contributed by atoms with Crippen LogP contribution in [-0.4, -0.2) is 25.1 Å². The molecule has 0 saturated heterocycles. The van der Waals surface area contributed by atoms with Crippen molar-refractivity contribution in [3.63, 3.8) is 0 Å². The summed E-state index contributed by atoms with van der Waals surface area (Å²) in [6, 6.07) is 4.48. The van der Waals surface area contributed by atoms with Crippen molar-refractivity contribution in [2.75, 3.05) is 5.73 Å². The van der Waals surface area contributed by atoms with Crippen molar-refractivity contribution in [3.05, 3.63) is 22.7 Å². The number of nitrogens with one attached hydrogen (secondary N) is 1. The minimum Gasteiger partial charge on any atom is -0.398 e. The molecule has 0 aliphatic rings. The van der Waals surface area contributed by atoms with Crippen molar-refractivity contribution >= 4 is 37.4 Å². The van der Waals surface area contributed by atoms with Gasteiger partial charge in [0.05, 0.1) is 10.6 Å². The van der Waals surface area contributed by atoms with E-state index in [9.17, 15) is 13.2 Å². The van der Waals surface area contributed by atoms with Gasteiger partial charge >= 0.3 is 0 Å². The normalized spacial score (nSPS) is 13.8. The van der Waals surface area contributed by atoms with Gasteiger partial charge < -0.3 is 11.1 Å². The topological polar surface area (TPSA) is 89.3 Å². The second-order valence-electron chi connectivity index (χ2n) is 5.61. The van der Waals surface area contributed by atoms with E-state index in [1.807, 2.05) is 0 Å². The smallest absolute Gasteiger partial charge is 0.238 e. The average Bonchev–Trinajstić information content (AvgIpc) is 2.24. The molecule has 0 aliphatic carbocycles. The molecule has 1 atom stereocenters. The quantitative estimate of drug-likeness (QED) is 0.805. The Morgan fingerprint density at radius 2 is 1.90 bits per heavy atom. The first kappa shape index (κ1) is 17.0. The van der Waals surface area contributed by atoms with Crippen LogP contribution in [0.1, 0.15) is 27.7 Å². The molecule has 1 amide bonds. The van der Waals surface area contributed by atoms with Gasteiger partial charge in [0.15, 0.2) is 9.84 Å². The predicted octanol–water partition coefficient (Wildman–Crippen LogP) is 2.11. The van der Waals surface area contributed by atoms with E-state index in [1.54, 1.807) is 26.8 Å².